The Bertz CT molecular complexity index is 1150. The van der Waals surface area contributed by atoms with E-state index in [1.807, 2.05) is 19.1 Å². The van der Waals surface area contributed by atoms with Gasteiger partial charge in [-0.15, -0.1) is 0 Å². The molecule has 3 aromatic carbocycles. The first-order valence-corrected chi connectivity index (χ1v) is 11.2. The third kappa shape index (κ3) is 4.80. The number of carbonyl (C=O) groups is 1. The zero-order valence-electron chi connectivity index (χ0n) is 18.8. The van der Waals surface area contributed by atoms with Crippen LogP contribution in [0.2, 0.25) is 0 Å². The fraction of sp³-hybridized carbons (Fsp3) is 0.296. The molecule has 34 heavy (non-hydrogen) atoms. The first kappa shape index (κ1) is 23.8. The van der Waals surface area contributed by atoms with Crippen LogP contribution in [0.25, 0.3) is 11.1 Å². The van der Waals surface area contributed by atoms with Gasteiger partial charge in [0.2, 0.25) is 0 Å². The second-order valence-electron chi connectivity index (χ2n) is 8.56. The van der Waals surface area contributed by atoms with Gasteiger partial charge < -0.3 is 14.7 Å². The summed E-state index contributed by atoms with van der Waals surface area (Å²) < 4.78 is 46.7. The fourth-order valence-electron chi connectivity index (χ4n) is 4.51. The molecule has 1 heterocycles. The second-order valence-corrected chi connectivity index (χ2v) is 8.56. The molecule has 0 aliphatic carbocycles. The van der Waals surface area contributed by atoms with E-state index in [4.69, 9.17) is 4.74 Å². The minimum atomic E-state index is -0.923. The summed E-state index contributed by atoms with van der Waals surface area (Å²) in [6.07, 6.45) is 0.880. The van der Waals surface area contributed by atoms with Crippen LogP contribution in [0.5, 0.6) is 0 Å². The van der Waals surface area contributed by atoms with Gasteiger partial charge in [-0.25, -0.2) is 18.0 Å². The van der Waals surface area contributed by atoms with Crippen LogP contribution in [-0.4, -0.2) is 29.3 Å². The third-order valence-corrected chi connectivity index (χ3v) is 6.49. The van der Waals surface area contributed by atoms with Crippen molar-refractivity contribution in [2.24, 2.45) is 0 Å². The molecule has 0 radical (unpaired) electrons. The van der Waals surface area contributed by atoms with Gasteiger partial charge in [-0.1, -0.05) is 36.4 Å². The lowest BCUT2D eigenvalue weighted by atomic mass is 9.84. The topological polar surface area (TPSA) is 49.8 Å². The highest BCUT2D eigenvalue weighted by molar-refractivity contribution is 5.70. The van der Waals surface area contributed by atoms with Crippen LogP contribution in [0.3, 0.4) is 0 Å². The molecule has 2 atom stereocenters. The lowest BCUT2D eigenvalue weighted by Gasteiger charge is -2.43. The van der Waals surface area contributed by atoms with E-state index < -0.39 is 23.3 Å². The molecular weight excluding hydrogens is 443 g/mol. The minimum Gasteiger partial charge on any atom is -0.438 e. The highest BCUT2D eigenvalue weighted by Gasteiger charge is 2.43. The SMILES string of the molecule is C[C@@H](c1ccc(-c2ccc(F)cc2F)cc1)N1CCC(CCCO)(c2ccc(F)cc2)OC1=O. The van der Waals surface area contributed by atoms with E-state index in [2.05, 4.69) is 0 Å². The molecule has 178 valence electrons. The van der Waals surface area contributed by atoms with Crippen molar-refractivity contribution in [2.45, 2.75) is 37.8 Å². The summed E-state index contributed by atoms with van der Waals surface area (Å²) >= 11 is 0. The zero-order valence-corrected chi connectivity index (χ0v) is 18.8. The molecule has 7 heteroatoms. The van der Waals surface area contributed by atoms with Gasteiger partial charge in [-0.3, -0.25) is 0 Å². The molecule has 3 aromatic rings. The first-order chi connectivity index (χ1) is 16.3. The standard InChI is InChI=1S/C27H26F3NO3/c1-18(19-3-5-20(6-4-19)24-12-11-23(29)17-25(24)30)31-15-14-27(13-2-16-32,34-26(31)33)21-7-9-22(28)10-8-21/h3-12,17-18,32H,2,13-16H2,1H3/t18-,27?/m0/s1. The Morgan fingerprint density at radius 1 is 1.00 bits per heavy atom. The maximum Gasteiger partial charge on any atom is 0.411 e. The number of amides is 1. The summed E-state index contributed by atoms with van der Waals surface area (Å²) in [7, 11) is 0. The molecule has 0 saturated carbocycles. The molecule has 0 aromatic heterocycles. The van der Waals surface area contributed by atoms with E-state index in [0.29, 0.717) is 42.5 Å². The summed E-state index contributed by atoms with van der Waals surface area (Å²) in [5.41, 5.74) is 1.52. The Morgan fingerprint density at radius 2 is 1.68 bits per heavy atom. The predicted octanol–water partition coefficient (Wildman–Crippen LogP) is 6.34. The number of benzene rings is 3. The van der Waals surface area contributed by atoms with Crippen molar-refractivity contribution in [1.82, 2.24) is 4.90 Å². The van der Waals surface area contributed by atoms with Gasteiger partial charge in [0.1, 0.15) is 23.1 Å². The molecular formula is C27H26F3NO3. The first-order valence-electron chi connectivity index (χ1n) is 11.2. The van der Waals surface area contributed by atoms with E-state index in [0.717, 1.165) is 11.6 Å². The Morgan fingerprint density at radius 3 is 2.29 bits per heavy atom. The Hall–Kier alpha value is -3.32. The molecule has 0 spiro atoms. The maximum absolute atomic E-state index is 14.1. The molecule has 1 unspecified atom stereocenters. The van der Waals surface area contributed by atoms with Crippen molar-refractivity contribution in [3.8, 4) is 11.1 Å². The Kier molecular flexibility index (Phi) is 6.93. The van der Waals surface area contributed by atoms with Gasteiger partial charge in [0.25, 0.3) is 0 Å². The molecule has 1 N–H and O–H groups in total. The summed E-state index contributed by atoms with van der Waals surface area (Å²) in [5.74, 6) is -1.64. The van der Waals surface area contributed by atoms with E-state index >= 15 is 0 Å². The van der Waals surface area contributed by atoms with Gasteiger partial charge in [0, 0.05) is 31.2 Å². The highest BCUT2D eigenvalue weighted by atomic mass is 19.1. The second kappa shape index (κ2) is 9.89. The molecule has 4 rings (SSSR count). The summed E-state index contributed by atoms with van der Waals surface area (Å²) in [5, 5.41) is 9.34. The average Bonchev–Trinajstić information content (AvgIpc) is 2.83. The van der Waals surface area contributed by atoms with Gasteiger partial charge in [-0.05, 0) is 60.7 Å². The molecule has 1 aliphatic rings. The summed E-state index contributed by atoms with van der Waals surface area (Å²) in [6.45, 7) is 2.26. The van der Waals surface area contributed by atoms with E-state index in [-0.39, 0.29) is 18.5 Å². The number of cyclic esters (lactones) is 1. The number of nitrogens with zero attached hydrogens (tertiary/aromatic N) is 1. The Labute approximate surface area is 196 Å². The number of hydrogen-bond acceptors (Lipinski definition) is 3. The number of aliphatic hydroxyl groups excluding tert-OH is 1. The number of halogens is 3. The average molecular weight is 470 g/mol. The molecule has 4 nitrogen and oxygen atoms in total. The largest absolute Gasteiger partial charge is 0.438 e. The van der Waals surface area contributed by atoms with E-state index in [9.17, 15) is 23.1 Å². The maximum atomic E-state index is 14.1. The highest BCUT2D eigenvalue weighted by Crippen LogP contribution is 2.40. The fourth-order valence-corrected chi connectivity index (χ4v) is 4.51. The number of ether oxygens (including phenoxy) is 1. The van der Waals surface area contributed by atoms with Crippen molar-refractivity contribution < 1.29 is 27.8 Å². The van der Waals surface area contributed by atoms with Crippen molar-refractivity contribution >= 4 is 6.09 Å². The molecule has 1 fully saturated rings. The van der Waals surface area contributed by atoms with Crippen LogP contribution in [0.15, 0.2) is 66.7 Å². The minimum absolute atomic E-state index is 0.0401. The normalized spacial score (nSPS) is 19.1. The van der Waals surface area contributed by atoms with Crippen LogP contribution < -0.4 is 0 Å². The predicted molar refractivity (Wildman–Crippen MR) is 122 cm³/mol. The summed E-state index contributed by atoms with van der Waals surface area (Å²) in [4.78, 5) is 14.7. The van der Waals surface area contributed by atoms with Crippen LogP contribution >= 0.6 is 0 Å². The van der Waals surface area contributed by atoms with Crippen molar-refractivity contribution in [1.29, 1.82) is 0 Å². The monoisotopic (exact) mass is 469 g/mol. The van der Waals surface area contributed by atoms with Crippen molar-refractivity contribution in [3.63, 3.8) is 0 Å². The van der Waals surface area contributed by atoms with E-state index in [1.54, 1.807) is 29.2 Å². The Balaban J connectivity index is 1.52. The lowest BCUT2D eigenvalue weighted by molar-refractivity contribution is -0.0680. The van der Waals surface area contributed by atoms with Gasteiger partial charge in [0.15, 0.2) is 0 Å². The number of hydrogen-bond donors (Lipinski definition) is 1. The van der Waals surface area contributed by atoms with Crippen LogP contribution in [-0.2, 0) is 10.3 Å². The number of aliphatic hydroxyl groups is 1. The summed E-state index contributed by atoms with van der Waals surface area (Å²) in [6, 6.07) is 16.2. The molecule has 1 aliphatic heterocycles. The van der Waals surface area contributed by atoms with Crippen LogP contribution in [0.1, 0.15) is 43.4 Å². The third-order valence-electron chi connectivity index (χ3n) is 6.49. The van der Waals surface area contributed by atoms with Crippen molar-refractivity contribution in [2.75, 3.05) is 13.2 Å². The molecule has 1 saturated heterocycles. The lowest BCUT2D eigenvalue weighted by Crippen LogP contribution is -2.48. The van der Waals surface area contributed by atoms with Crippen LogP contribution in [0.4, 0.5) is 18.0 Å². The van der Waals surface area contributed by atoms with Gasteiger partial charge in [-0.2, -0.15) is 0 Å². The van der Waals surface area contributed by atoms with Crippen LogP contribution in [0, 0.1) is 17.5 Å². The van der Waals surface area contributed by atoms with Gasteiger partial charge >= 0.3 is 6.09 Å². The van der Waals surface area contributed by atoms with Gasteiger partial charge in [0.05, 0.1) is 6.04 Å². The number of rotatable bonds is 7. The molecule has 0 bridgehead atoms. The number of carbonyl (C=O) groups excluding carboxylic acids is 1. The van der Waals surface area contributed by atoms with Crippen molar-refractivity contribution in [3.05, 3.63) is 95.3 Å². The zero-order chi connectivity index (χ0) is 24.3. The van der Waals surface area contributed by atoms with E-state index in [1.165, 1.54) is 24.3 Å². The molecule has 1 amide bonds. The smallest absolute Gasteiger partial charge is 0.411 e. The quantitative estimate of drug-likeness (QED) is 0.439.